The van der Waals surface area contributed by atoms with Gasteiger partial charge in [0.15, 0.2) is 0 Å². The van der Waals surface area contributed by atoms with Gasteiger partial charge >= 0.3 is 0 Å². The third-order valence-corrected chi connectivity index (χ3v) is 5.94. The number of carbonyl (C=O) groups excluding carboxylic acids is 1. The van der Waals surface area contributed by atoms with E-state index in [4.69, 9.17) is 0 Å². The van der Waals surface area contributed by atoms with E-state index in [1.165, 1.54) is 6.07 Å². The zero-order valence-corrected chi connectivity index (χ0v) is 15.5. The minimum Gasteiger partial charge on any atom is -0.277 e. The largest absolute Gasteiger partial charge is 0.277 e. The molecule has 1 amide bonds. The predicted octanol–water partition coefficient (Wildman–Crippen LogP) is 3.15. The molecule has 0 saturated heterocycles. The van der Waals surface area contributed by atoms with E-state index in [9.17, 15) is 13.2 Å². The molecule has 0 fully saturated rings. The van der Waals surface area contributed by atoms with Crippen molar-refractivity contribution in [2.75, 3.05) is 0 Å². The summed E-state index contributed by atoms with van der Waals surface area (Å²) in [6, 6.07) is 19.8. The molecule has 3 rings (SSSR count). The van der Waals surface area contributed by atoms with Crippen LogP contribution in [-0.2, 0) is 21.2 Å². The summed E-state index contributed by atoms with van der Waals surface area (Å²) in [7, 11) is -3.85. The van der Waals surface area contributed by atoms with Crippen molar-refractivity contribution in [3.63, 3.8) is 0 Å². The Kier molecular flexibility index (Phi) is 5.17. The Morgan fingerprint density at radius 3 is 2.40 bits per heavy atom. The van der Waals surface area contributed by atoms with Crippen LogP contribution in [0.4, 0.5) is 0 Å². The van der Waals surface area contributed by atoms with Crippen LogP contribution in [0.25, 0.3) is 10.8 Å². The van der Waals surface area contributed by atoms with Crippen LogP contribution < -0.4 is 10.3 Å². The summed E-state index contributed by atoms with van der Waals surface area (Å²) in [5.41, 5.74) is 3.09. The lowest BCUT2D eigenvalue weighted by molar-refractivity contribution is -0.120. The van der Waals surface area contributed by atoms with Crippen LogP contribution in [0, 0.1) is 0 Å². The Bertz CT molecular complexity index is 1030. The molecule has 0 spiro atoms. The number of benzene rings is 3. The fourth-order valence-electron chi connectivity index (χ4n) is 2.51. The summed E-state index contributed by atoms with van der Waals surface area (Å²) in [5, 5.41) is 2.00. The van der Waals surface area contributed by atoms with Crippen LogP contribution in [0.2, 0.25) is 0 Å². The van der Waals surface area contributed by atoms with Crippen molar-refractivity contribution in [2.45, 2.75) is 11.3 Å². The van der Waals surface area contributed by atoms with Gasteiger partial charge in [-0.1, -0.05) is 54.6 Å². The lowest BCUT2D eigenvalue weighted by atomic mass is 10.0. The minimum atomic E-state index is -3.85. The molecule has 128 valence electrons. The van der Waals surface area contributed by atoms with Crippen LogP contribution in [0.15, 0.2) is 76.1 Å². The highest BCUT2D eigenvalue weighted by molar-refractivity contribution is 9.10. The molecule has 5 nitrogen and oxygen atoms in total. The van der Waals surface area contributed by atoms with Gasteiger partial charge in [-0.2, -0.15) is 0 Å². The van der Waals surface area contributed by atoms with Crippen molar-refractivity contribution < 1.29 is 13.2 Å². The molecular weight excluding hydrogens is 404 g/mol. The first-order valence-corrected chi connectivity index (χ1v) is 9.77. The first-order valence-electron chi connectivity index (χ1n) is 7.49. The standard InChI is InChI=1S/C18H15BrN2O3S/c19-16-10-3-4-11-17(16)25(23,24)21-20-18(22)12-14-8-5-7-13-6-1-2-9-15(13)14/h1-11,21H,12H2,(H,20,22). The Labute approximate surface area is 154 Å². The van der Waals surface area contributed by atoms with Gasteiger partial charge < -0.3 is 0 Å². The van der Waals surface area contributed by atoms with Gasteiger partial charge in [0.1, 0.15) is 0 Å². The molecule has 25 heavy (non-hydrogen) atoms. The van der Waals surface area contributed by atoms with Crippen molar-refractivity contribution in [3.8, 4) is 0 Å². The maximum Gasteiger partial charge on any atom is 0.258 e. The van der Waals surface area contributed by atoms with Gasteiger partial charge in [0.25, 0.3) is 10.0 Å². The first kappa shape index (κ1) is 17.6. The lowest BCUT2D eigenvalue weighted by Crippen LogP contribution is -2.42. The normalized spacial score (nSPS) is 11.4. The summed E-state index contributed by atoms with van der Waals surface area (Å²) >= 11 is 3.19. The SMILES string of the molecule is O=C(Cc1cccc2ccccc12)NNS(=O)(=O)c1ccccc1Br. The van der Waals surface area contributed by atoms with Gasteiger partial charge in [-0.3, -0.25) is 10.2 Å². The molecule has 0 saturated carbocycles. The van der Waals surface area contributed by atoms with Gasteiger partial charge in [-0.25, -0.2) is 8.42 Å². The van der Waals surface area contributed by atoms with Crippen LogP contribution >= 0.6 is 15.9 Å². The second kappa shape index (κ2) is 7.35. The van der Waals surface area contributed by atoms with E-state index in [1.807, 2.05) is 42.5 Å². The zero-order chi connectivity index (χ0) is 17.9. The van der Waals surface area contributed by atoms with Crippen LogP contribution in [0.3, 0.4) is 0 Å². The molecule has 0 heterocycles. The van der Waals surface area contributed by atoms with Crippen molar-refractivity contribution in [1.82, 2.24) is 10.3 Å². The van der Waals surface area contributed by atoms with Gasteiger partial charge in [0, 0.05) is 4.47 Å². The number of amides is 1. The Morgan fingerprint density at radius 2 is 1.60 bits per heavy atom. The van der Waals surface area contributed by atoms with Gasteiger partial charge in [-0.05, 0) is 44.4 Å². The monoisotopic (exact) mass is 418 g/mol. The van der Waals surface area contributed by atoms with E-state index < -0.39 is 15.9 Å². The van der Waals surface area contributed by atoms with Crippen molar-refractivity contribution >= 4 is 42.6 Å². The summed E-state index contributed by atoms with van der Waals surface area (Å²) in [5.74, 6) is -0.438. The first-order chi connectivity index (χ1) is 12.0. The van der Waals surface area contributed by atoms with Crippen molar-refractivity contribution in [1.29, 1.82) is 0 Å². The highest BCUT2D eigenvalue weighted by atomic mass is 79.9. The molecule has 0 aliphatic heterocycles. The van der Waals surface area contributed by atoms with Crippen LogP contribution in [-0.4, -0.2) is 14.3 Å². The number of hydrogen-bond donors (Lipinski definition) is 2. The summed E-state index contributed by atoms with van der Waals surface area (Å²) in [6.45, 7) is 0. The smallest absolute Gasteiger partial charge is 0.258 e. The minimum absolute atomic E-state index is 0.0560. The van der Waals surface area contributed by atoms with E-state index in [0.717, 1.165) is 16.3 Å². The summed E-state index contributed by atoms with van der Waals surface area (Å²) in [6.07, 6.45) is 0.0693. The summed E-state index contributed by atoms with van der Waals surface area (Å²) < 4.78 is 25.0. The average Bonchev–Trinajstić information content (AvgIpc) is 2.61. The van der Waals surface area contributed by atoms with Crippen LogP contribution in [0.5, 0.6) is 0 Å². The maximum atomic E-state index is 12.3. The number of hydrazine groups is 1. The zero-order valence-electron chi connectivity index (χ0n) is 13.1. The third kappa shape index (κ3) is 4.07. The van der Waals surface area contributed by atoms with Crippen molar-refractivity contribution in [2.24, 2.45) is 0 Å². The molecule has 7 heteroatoms. The Balaban J connectivity index is 1.72. The van der Waals surface area contributed by atoms with E-state index in [2.05, 4.69) is 26.2 Å². The average molecular weight is 419 g/mol. The predicted molar refractivity (Wildman–Crippen MR) is 100 cm³/mol. The van der Waals surface area contributed by atoms with E-state index in [1.54, 1.807) is 18.2 Å². The molecule has 3 aromatic carbocycles. The molecule has 0 aliphatic rings. The van der Waals surface area contributed by atoms with Gasteiger partial charge in [0.2, 0.25) is 5.91 Å². The number of nitrogens with one attached hydrogen (secondary N) is 2. The highest BCUT2D eigenvalue weighted by Crippen LogP contribution is 2.21. The second-order valence-electron chi connectivity index (χ2n) is 5.40. The van der Waals surface area contributed by atoms with E-state index >= 15 is 0 Å². The van der Waals surface area contributed by atoms with E-state index in [0.29, 0.717) is 4.47 Å². The maximum absolute atomic E-state index is 12.3. The molecule has 0 bridgehead atoms. The number of rotatable bonds is 5. The summed E-state index contributed by atoms with van der Waals surface area (Å²) in [4.78, 5) is 14.4. The number of carbonyl (C=O) groups is 1. The number of sulfonamides is 1. The third-order valence-electron chi connectivity index (χ3n) is 3.68. The Hall–Kier alpha value is -2.22. The van der Waals surface area contributed by atoms with Gasteiger partial charge in [-0.15, -0.1) is 4.83 Å². The van der Waals surface area contributed by atoms with Gasteiger partial charge in [0.05, 0.1) is 11.3 Å². The second-order valence-corrected chi connectivity index (χ2v) is 7.90. The fraction of sp³-hybridized carbons (Fsp3) is 0.0556. The number of hydrogen-bond acceptors (Lipinski definition) is 3. The number of halogens is 1. The topological polar surface area (TPSA) is 75.3 Å². The van der Waals surface area contributed by atoms with Crippen molar-refractivity contribution in [3.05, 3.63) is 76.8 Å². The lowest BCUT2D eigenvalue weighted by Gasteiger charge is -2.10. The van der Waals surface area contributed by atoms with Crippen LogP contribution in [0.1, 0.15) is 5.56 Å². The fourth-order valence-corrected chi connectivity index (χ4v) is 4.37. The molecule has 0 unspecified atom stereocenters. The quantitative estimate of drug-likeness (QED) is 0.624. The molecule has 0 atom stereocenters. The van der Waals surface area contributed by atoms with E-state index in [-0.39, 0.29) is 11.3 Å². The molecular formula is C18H15BrN2O3S. The highest BCUT2D eigenvalue weighted by Gasteiger charge is 2.18. The molecule has 2 N–H and O–H groups in total. The molecule has 3 aromatic rings. The molecule has 0 aliphatic carbocycles. The molecule has 0 aromatic heterocycles. The molecule has 0 radical (unpaired) electrons. The Morgan fingerprint density at radius 1 is 0.920 bits per heavy atom. The number of fused-ring (bicyclic) bond motifs is 1.